The number of hydrogen-bond acceptors (Lipinski definition) is 3. The van der Waals surface area contributed by atoms with Crippen molar-refractivity contribution in [1.82, 2.24) is 9.97 Å². The second-order valence-electron chi connectivity index (χ2n) is 6.43. The molecule has 0 bridgehead atoms. The number of carbonyl (C=O) groups is 1. The molecule has 0 unspecified atom stereocenters. The maximum Gasteiger partial charge on any atom is 0.230 e. The molecule has 0 spiro atoms. The van der Waals surface area contributed by atoms with Gasteiger partial charge in [-0.1, -0.05) is 35.9 Å². The third-order valence-corrected chi connectivity index (χ3v) is 3.83. The van der Waals surface area contributed by atoms with E-state index in [-0.39, 0.29) is 18.1 Å². The molecule has 0 saturated heterocycles. The Morgan fingerprint density at radius 1 is 1.07 bits per heavy atom. The lowest BCUT2D eigenvalue weighted by atomic mass is 10.1. The van der Waals surface area contributed by atoms with E-state index in [1.54, 1.807) is 18.3 Å². The number of allylic oxidation sites excluding steroid dienone is 1. The molecule has 136 valence electrons. The number of halogens is 1. The van der Waals surface area contributed by atoms with E-state index in [1.807, 2.05) is 50.3 Å². The number of benzene rings is 2. The zero-order valence-corrected chi connectivity index (χ0v) is 15.2. The quantitative estimate of drug-likeness (QED) is 0.704. The zero-order valence-electron chi connectivity index (χ0n) is 15.2. The summed E-state index contributed by atoms with van der Waals surface area (Å²) >= 11 is 0. The van der Waals surface area contributed by atoms with E-state index in [0.29, 0.717) is 17.2 Å². The molecule has 0 saturated carbocycles. The van der Waals surface area contributed by atoms with Crippen LogP contribution < -0.4 is 5.32 Å². The average Bonchev–Trinajstić information content (AvgIpc) is 2.64. The van der Waals surface area contributed by atoms with Crippen LogP contribution in [-0.2, 0) is 11.2 Å². The van der Waals surface area contributed by atoms with Crippen molar-refractivity contribution in [3.8, 4) is 11.3 Å². The van der Waals surface area contributed by atoms with E-state index >= 15 is 0 Å². The smallest absolute Gasteiger partial charge is 0.230 e. The fraction of sp³-hybridized carbons (Fsp3) is 0.136. The molecule has 1 amide bonds. The molecule has 5 heteroatoms. The molecule has 3 rings (SSSR count). The summed E-state index contributed by atoms with van der Waals surface area (Å²) in [6.45, 7) is 3.89. The first-order valence-corrected chi connectivity index (χ1v) is 8.63. The minimum absolute atomic E-state index is 0.159. The average molecular weight is 361 g/mol. The lowest BCUT2D eigenvalue weighted by Crippen LogP contribution is -2.16. The van der Waals surface area contributed by atoms with Crippen LogP contribution in [0.4, 0.5) is 10.2 Å². The van der Waals surface area contributed by atoms with Crippen molar-refractivity contribution in [2.24, 2.45) is 0 Å². The fourth-order valence-corrected chi connectivity index (χ4v) is 2.59. The van der Waals surface area contributed by atoms with Gasteiger partial charge in [0.2, 0.25) is 5.91 Å². The molecule has 1 aromatic heterocycles. The summed E-state index contributed by atoms with van der Waals surface area (Å²) in [6.07, 6.45) is 3.70. The van der Waals surface area contributed by atoms with Crippen LogP contribution in [0.25, 0.3) is 17.3 Å². The minimum atomic E-state index is -0.305. The molecular formula is C22H20FN3O. The van der Waals surface area contributed by atoms with E-state index in [9.17, 15) is 9.18 Å². The van der Waals surface area contributed by atoms with Crippen molar-refractivity contribution >= 4 is 17.8 Å². The summed E-state index contributed by atoms with van der Waals surface area (Å²) in [6, 6.07) is 15.6. The summed E-state index contributed by atoms with van der Waals surface area (Å²) in [7, 11) is 0. The first-order chi connectivity index (χ1) is 13.0. The van der Waals surface area contributed by atoms with E-state index in [2.05, 4.69) is 15.3 Å². The fourth-order valence-electron chi connectivity index (χ4n) is 2.59. The van der Waals surface area contributed by atoms with Crippen LogP contribution in [0.1, 0.15) is 25.1 Å². The first-order valence-electron chi connectivity index (χ1n) is 8.63. The van der Waals surface area contributed by atoms with Crippen molar-refractivity contribution in [2.75, 3.05) is 5.32 Å². The van der Waals surface area contributed by atoms with Gasteiger partial charge in [-0.3, -0.25) is 4.79 Å². The van der Waals surface area contributed by atoms with Crippen molar-refractivity contribution in [3.05, 3.63) is 83.4 Å². The molecule has 27 heavy (non-hydrogen) atoms. The molecule has 3 aromatic rings. The van der Waals surface area contributed by atoms with E-state index in [1.165, 1.54) is 12.1 Å². The third-order valence-electron chi connectivity index (χ3n) is 3.83. The lowest BCUT2D eigenvalue weighted by molar-refractivity contribution is -0.115. The van der Waals surface area contributed by atoms with Gasteiger partial charge in [0.05, 0.1) is 18.3 Å². The van der Waals surface area contributed by atoms with Gasteiger partial charge in [0, 0.05) is 5.56 Å². The van der Waals surface area contributed by atoms with Gasteiger partial charge in [-0.25, -0.2) is 14.4 Å². The number of hydrogen-bond donors (Lipinski definition) is 1. The number of anilines is 1. The predicted molar refractivity (Wildman–Crippen MR) is 106 cm³/mol. The maximum atomic E-state index is 13.1. The van der Waals surface area contributed by atoms with Gasteiger partial charge in [-0.05, 0) is 49.8 Å². The maximum absolute atomic E-state index is 13.1. The van der Waals surface area contributed by atoms with Crippen LogP contribution in [0.3, 0.4) is 0 Å². The number of nitrogens with zero attached hydrogens (tertiary/aromatic N) is 2. The van der Waals surface area contributed by atoms with E-state index in [4.69, 9.17) is 0 Å². The first kappa shape index (κ1) is 18.5. The summed E-state index contributed by atoms with van der Waals surface area (Å²) in [5.41, 5.74) is 3.89. The Balaban J connectivity index is 1.87. The van der Waals surface area contributed by atoms with Gasteiger partial charge in [0.25, 0.3) is 0 Å². The van der Waals surface area contributed by atoms with Crippen LogP contribution in [0.5, 0.6) is 0 Å². The van der Waals surface area contributed by atoms with Crippen LogP contribution in [0, 0.1) is 5.82 Å². The normalized spacial score (nSPS) is 10.3. The SMILES string of the molecule is CC(C)=Cc1nc(-c2ccc(F)cc2)cnc1NC(=O)Cc1ccccc1. The molecule has 1 heterocycles. The molecule has 0 atom stereocenters. The van der Waals surface area contributed by atoms with Gasteiger partial charge >= 0.3 is 0 Å². The van der Waals surface area contributed by atoms with Crippen molar-refractivity contribution < 1.29 is 9.18 Å². The monoisotopic (exact) mass is 361 g/mol. The molecule has 0 radical (unpaired) electrons. The Labute approximate surface area is 157 Å². The van der Waals surface area contributed by atoms with Crippen LogP contribution >= 0.6 is 0 Å². The van der Waals surface area contributed by atoms with Gasteiger partial charge < -0.3 is 5.32 Å². The second kappa shape index (κ2) is 8.36. The number of rotatable bonds is 5. The van der Waals surface area contributed by atoms with Crippen LogP contribution in [0.15, 0.2) is 66.4 Å². The minimum Gasteiger partial charge on any atom is -0.309 e. The summed E-state index contributed by atoms with van der Waals surface area (Å²) in [4.78, 5) is 21.3. The largest absolute Gasteiger partial charge is 0.309 e. The van der Waals surface area contributed by atoms with Crippen LogP contribution in [0.2, 0.25) is 0 Å². The molecular weight excluding hydrogens is 341 g/mol. The summed E-state index contributed by atoms with van der Waals surface area (Å²) in [5.74, 6) is -0.0579. The topological polar surface area (TPSA) is 54.9 Å². The Morgan fingerprint density at radius 3 is 2.44 bits per heavy atom. The standard InChI is InChI=1S/C22H20FN3O/c1-15(2)12-19-22(26-21(27)13-16-6-4-3-5-7-16)24-14-20(25-19)17-8-10-18(23)11-9-17/h3-12,14H,13H2,1-2H3,(H,24,26,27). The van der Waals surface area contributed by atoms with E-state index < -0.39 is 0 Å². The van der Waals surface area contributed by atoms with Gasteiger partial charge in [-0.15, -0.1) is 0 Å². The highest BCUT2D eigenvalue weighted by molar-refractivity contribution is 5.93. The highest BCUT2D eigenvalue weighted by Crippen LogP contribution is 2.22. The van der Waals surface area contributed by atoms with Crippen molar-refractivity contribution in [2.45, 2.75) is 20.3 Å². The van der Waals surface area contributed by atoms with Crippen LogP contribution in [-0.4, -0.2) is 15.9 Å². The van der Waals surface area contributed by atoms with Crippen molar-refractivity contribution in [1.29, 1.82) is 0 Å². The lowest BCUT2D eigenvalue weighted by Gasteiger charge is -2.10. The molecule has 4 nitrogen and oxygen atoms in total. The Morgan fingerprint density at radius 2 is 1.78 bits per heavy atom. The summed E-state index contributed by atoms with van der Waals surface area (Å²) < 4.78 is 13.1. The molecule has 0 aliphatic heterocycles. The third kappa shape index (κ3) is 5.07. The number of amides is 1. The molecule has 2 aromatic carbocycles. The highest BCUT2D eigenvalue weighted by atomic mass is 19.1. The molecule has 0 aliphatic carbocycles. The predicted octanol–water partition coefficient (Wildman–Crippen LogP) is 4.89. The second-order valence-corrected chi connectivity index (χ2v) is 6.43. The molecule has 1 N–H and O–H groups in total. The Hall–Kier alpha value is -3.34. The van der Waals surface area contributed by atoms with Gasteiger partial charge in [-0.2, -0.15) is 0 Å². The van der Waals surface area contributed by atoms with Gasteiger partial charge in [0.1, 0.15) is 11.5 Å². The van der Waals surface area contributed by atoms with E-state index in [0.717, 1.165) is 16.7 Å². The molecule has 0 aliphatic rings. The number of carbonyl (C=O) groups excluding carboxylic acids is 1. The highest BCUT2D eigenvalue weighted by Gasteiger charge is 2.11. The molecule has 0 fully saturated rings. The van der Waals surface area contributed by atoms with Crippen molar-refractivity contribution in [3.63, 3.8) is 0 Å². The Kier molecular flexibility index (Phi) is 5.71. The van der Waals surface area contributed by atoms with Gasteiger partial charge in [0.15, 0.2) is 5.82 Å². The number of aromatic nitrogens is 2. The Bertz CT molecular complexity index is 963. The number of nitrogens with one attached hydrogen (secondary N) is 1. The summed E-state index contributed by atoms with van der Waals surface area (Å²) in [5, 5.41) is 2.84. The zero-order chi connectivity index (χ0) is 19.2.